The van der Waals surface area contributed by atoms with Gasteiger partial charge in [0, 0.05) is 29.7 Å². The number of hydrogen-bond acceptors (Lipinski definition) is 2. The van der Waals surface area contributed by atoms with Crippen LogP contribution in [0.5, 0.6) is 0 Å². The SMILES string of the molecule is CONC(=O)c1c(-c2cn(C)c3ccccc23)ccc2ccccc12. The fourth-order valence-electron chi connectivity index (χ4n) is 3.44. The van der Waals surface area contributed by atoms with E-state index in [1.807, 2.05) is 49.5 Å². The van der Waals surface area contributed by atoms with Crippen LogP contribution in [0.1, 0.15) is 10.4 Å². The fraction of sp³-hybridized carbons (Fsp3) is 0.0952. The van der Waals surface area contributed by atoms with E-state index in [0.717, 1.165) is 32.8 Å². The number of carbonyl (C=O) groups is 1. The number of fused-ring (bicyclic) bond motifs is 2. The molecule has 25 heavy (non-hydrogen) atoms. The quantitative estimate of drug-likeness (QED) is 0.570. The van der Waals surface area contributed by atoms with Gasteiger partial charge in [0.1, 0.15) is 0 Å². The molecular weight excluding hydrogens is 312 g/mol. The van der Waals surface area contributed by atoms with E-state index in [4.69, 9.17) is 4.84 Å². The van der Waals surface area contributed by atoms with E-state index in [0.29, 0.717) is 5.56 Å². The molecule has 0 aliphatic rings. The molecule has 0 bridgehead atoms. The highest BCUT2D eigenvalue weighted by Gasteiger charge is 2.19. The van der Waals surface area contributed by atoms with Crippen molar-refractivity contribution >= 4 is 27.6 Å². The van der Waals surface area contributed by atoms with Crippen molar-refractivity contribution in [3.05, 3.63) is 72.4 Å². The Kier molecular flexibility index (Phi) is 3.75. The molecule has 0 saturated carbocycles. The average Bonchev–Trinajstić information content (AvgIpc) is 2.98. The number of hydroxylamine groups is 1. The van der Waals surface area contributed by atoms with Crippen molar-refractivity contribution in [1.82, 2.24) is 10.0 Å². The lowest BCUT2D eigenvalue weighted by Gasteiger charge is -2.12. The first kappa shape index (κ1) is 15.4. The van der Waals surface area contributed by atoms with Crippen molar-refractivity contribution in [2.24, 2.45) is 7.05 Å². The molecule has 0 unspecified atom stereocenters. The monoisotopic (exact) mass is 330 g/mol. The van der Waals surface area contributed by atoms with Crippen LogP contribution in [-0.2, 0) is 11.9 Å². The van der Waals surface area contributed by atoms with Gasteiger partial charge in [-0.15, -0.1) is 0 Å². The summed E-state index contributed by atoms with van der Waals surface area (Å²) in [6, 6.07) is 20.1. The molecule has 1 N–H and O–H groups in total. The molecule has 124 valence electrons. The minimum Gasteiger partial charge on any atom is -0.350 e. The second kappa shape index (κ2) is 6.07. The summed E-state index contributed by atoms with van der Waals surface area (Å²) >= 11 is 0. The molecule has 0 radical (unpaired) electrons. The molecule has 4 aromatic rings. The summed E-state index contributed by atoms with van der Waals surface area (Å²) in [5.41, 5.74) is 6.15. The third-order valence-electron chi connectivity index (χ3n) is 4.54. The average molecular weight is 330 g/mol. The highest BCUT2D eigenvalue weighted by atomic mass is 16.6. The van der Waals surface area contributed by atoms with Gasteiger partial charge in [-0.2, -0.15) is 0 Å². The van der Waals surface area contributed by atoms with Gasteiger partial charge in [0.15, 0.2) is 0 Å². The highest BCUT2D eigenvalue weighted by Crippen LogP contribution is 2.35. The Morgan fingerprint density at radius 3 is 2.44 bits per heavy atom. The zero-order valence-electron chi connectivity index (χ0n) is 14.1. The van der Waals surface area contributed by atoms with E-state index in [1.54, 1.807) is 0 Å². The van der Waals surface area contributed by atoms with Crippen molar-refractivity contribution in [2.45, 2.75) is 0 Å². The number of benzene rings is 3. The van der Waals surface area contributed by atoms with Crippen LogP contribution in [0.25, 0.3) is 32.8 Å². The van der Waals surface area contributed by atoms with Gasteiger partial charge >= 0.3 is 0 Å². The summed E-state index contributed by atoms with van der Waals surface area (Å²) in [5, 5.41) is 3.04. The standard InChI is InChI=1S/C21H18N2O2/c1-23-13-18(16-9-5-6-10-19(16)23)17-12-11-14-7-3-4-8-15(14)20(17)21(24)22-25-2/h3-13H,1-2H3,(H,22,24). The van der Waals surface area contributed by atoms with Gasteiger partial charge in [0.05, 0.1) is 12.7 Å². The van der Waals surface area contributed by atoms with Crippen LogP contribution in [0, 0.1) is 0 Å². The van der Waals surface area contributed by atoms with Crippen LogP contribution in [0.3, 0.4) is 0 Å². The number of nitrogens with one attached hydrogen (secondary N) is 1. The maximum atomic E-state index is 12.8. The third kappa shape index (κ3) is 2.47. The van der Waals surface area contributed by atoms with Gasteiger partial charge in [-0.3, -0.25) is 9.63 Å². The summed E-state index contributed by atoms with van der Waals surface area (Å²) in [6.45, 7) is 0. The molecule has 4 heteroatoms. The number of aromatic nitrogens is 1. The van der Waals surface area contributed by atoms with E-state index in [9.17, 15) is 4.79 Å². The Morgan fingerprint density at radius 1 is 0.920 bits per heavy atom. The van der Waals surface area contributed by atoms with Gasteiger partial charge in [-0.1, -0.05) is 54.6 Å². The first-order chi connectivity index (χ1) is 12.2. The number of aryl methyl sites for hydroxylation is 1. The van der Waals surface area contributed by atoms with Gasteiger partial charge in [0.25, 0.3) is 5.91 Å². The lowest BCUT2D eigenvalue weighted by Crippen LogP contribution is -2.22. The minimum absolute atomic E-state index is 0.248. The molecule has 0 aliphatic heterocycles. The maximum Gasteiger partial charge on any atom is 0.276 e. The molecule has 0 fully saturated rings. The predicted octanol–water partition coefficient (Wildman–Crippen LogP) is 4.29. The van der Waals surface area contributed by atoms with Crippen LogP contribution in [0.15, 0.2) is 66.9 Å². The molecular formula is C21H18N2O2. The molecule has 1 aromatic heterocycles. The van der Waals surface area contributed by atoms with Crippen molar-refractivity contribution in [3.63, 3.8) is 0 Å². The number of para-hydroxylation sites is 1. The van der Waals surface area contributed by atoms with Crippen molar-refractivity contribution in [2.75, 3.05) is 7.11 Å². The number of amides is 1. The van der Waals surface area contributed by atoms with E-state index < -0.39 is 0 Å². The van der Waals surface area contributed by atoms with Crippen molar-refractivity contribution in [3.8, 4) is 11.1 Å². The van der Waals surface area contributed by atoms with Crippen LogP contribution in [-0.4, -0.2) is 17.6 Å². The molecule has 4 rings (SSSR count). The molecule has 0 spiro atoms. The summed E-state index contributed by atoms with van der Waals surface area (Å²) < 4.78 is 2.08. The second-order valence-electron chi connectivity index (χ2n) is 6.02. The first-order valence-electron chi connectivity index (χ1n) is 8.10. The van der Waals surface area contributed by atoms with Gasteiger partial charge in [-0.25, -0.2) is 5.48 Å². The summed E-state index contributed by atoms with van der Waals surface area (Å²) in [4.78, 5) is 17.6. The number of hydrogen-bond donors (Lipinski definition) is 1. The molecule has 4 nitrogen and oxygen atoms in total. The smallest absolute Gasteiger partial charge is 0.276 e. The van der Waals surface area contributed by atoms with E-state index >= 15 is 0 Å². The van der Waals surface area contributed by atoms with E-state index in [2.05, 4.69) is 34.4 Å². The zero-order chi connectivity index (χ0) is 17.4. The van der Waals surface area contributed by atoms with Crippen molar-refractivity contribution in [1.29, 1.82) is 0 Å². The van der Waals surface area contributed by atoms with Gasteiger partial charge in [0.2, 0.25) is 0 Å². The van der Waals surface area contributed by atoms with E-state index in [-0.39, 0.29) is 5.91 Å². The lowest BCUT2D eigenvalue weighted by molar-refractivity contribution is 0.0540. The summed E-state index contributed by atoms with van der Waals surface area (Å²) in [6.07, 6.45) is 2.07. The van der Waals surface area contributed by atoms with Gasteiger partial charge in [-0.05, 0) is 22.4 Å². The summed E-state index contributed by atoms with van der Waals surface area (Å²) in [5.74, 6) is -0.248. The Bertz CT molecular complexity index is 1100. The van der Waals surface area contributed by atoms with Crippen LogP contribution in [0.2, 0.25) is 0 Å². The van der Waals surface area contributed by atoms with Crippen LogP contribution in [0.4, 0.5) is 0 Å². The second-order valence-corrected chi connectivity index (χ2v) is 6.02. The predicted molar refractivity (Wildman–Crippen MR) is 100 cm³/mol. The first-order valence-corrected chi connectivity index (χ1v) is 8.10. The maximum absolute atomic E-state index is 12.8. The Balaban J connectivity index is 2.07. The normalized spacial score (nSPS) is 11.1. The fourth-order valence-corrected chi connectivity index (χ4v) is 3.44. The van der Waals surface area contributed by atoms with Gasteiger partial charge < -0.3 is 4.57 Å². The number of carbonyl (C=O) groups excluding carboxylic acids is 1. The topological polar surface area (TPSA) is 43.3 Å². The molecule has 1 heterocycles. The Labute approximate surface area is 145 Å². The Hall–Kier alpha value is -3.11. The summed E-state index contributed by atoms with van der Waals surface area (Å²) in [7, 11) is 3.46. The van der Waals surface area contributed by atoms with Crippen molar-refractivity contribution < 1.29 is 9.63 Å². The van der Waals surface area contributed by atoms with Crippen LogP contribution >= 0.6 is 0 Å². The lowest BCUT2D eigenvalue weighted by atomic mass is 9.93. The number of nitrogens with zero attached hydrogens (tertiary/aromatic N) is 1. The molecule has 0 aliphatic carbocycles. The zero-order valence-corrected chi connectivity index (χ0v) is 14.1. The Morgan fingerprint density at radius 2 is 1.64 bits per heavy atom. The molecule has 1 amide bonds. The molecule has 3 aromatic carbocycles. The molecule has 0 saturated heterocycles. The largest absolute Gasteiger partial charge is 0.350 e. The van der Waals surface area contributed by atoms with Crippen LogP contribution < -0.4 is 5.48 Å². The highest BCUT2D eigenvalue weighted by molar-refractivity contribution is 6.14. The number of rotatable bonds is 3. The third-order valence-corrected chi connectivity index (χ3v) is 4.54. The minimum atomic E-state index is -0.248. The molecule has 0 atom stereocenters. The van der Waals surface area contributed by atoms with E-state index in [1.165, 1.54) is 7.11 Å².